The number of hydrogen-bond acceptors (Lipinski definition) is 6. The topological polar surface area (TPSA) is 122 Å². The zero-order valence-corrected chi connectivity index (χ0v) is 16.6. The van der Waals surface area contributed by atoms with Crippen LogP contribution in [0.3, 0.4) is 0 Å². The highest BCUT2D eigenvalue weighted by atomic mass is 32.2. The Kier molecular flexibility index (Phi) is 4.15. The highest BCUT2D eigenvalue weighted by Crippen LogP contribution is 2.57. The van der Waals surface area contributed by atoms with Crippen LogP contribution in [0.4, 0.5) is 11.8 Å². The smallest absolute Gasteiger partial charge is 0.276 e. The first-order valence-electron chi connectivity index (χ1n) is 10.1. The number of nitrogens with two attached hydrogens (primary N) is 1. The number of aromatic nitrogens is 2. The second-order valence-electron chi connectivity index (χ2n) is 8.49. The molecule has 152 valence electrons. The van der Waals surface area contributed by atoms with Crippen molar-refractivity contribution in [2.24, 2.45) is 5.14 Å². The number of anilines is 2. The molecule has 1 amide bonds. The van der Waals surface area contributed by atoms with E-state index in [1.807, 2.05) is 11.1 Å². The molecule has 0 radical (unpaired) electrons. The van der Waals surface area contributed by atoms with Crippen LogP contribution in [0.5, 0.6) is 0 Å². The largest absolute Gasteiger partial charge is 0.351 e. The van der Waals surface area contributed by atoms with E-state index in [4.69, 9.17) is 10.1 Å². The molecule has 1 aromatic heterocycles. The van der Waals surface area contributed by atoms with Gasteiger partial charge in [0.25, 0.3) is 10.2 Å². The molecule has 1 saturated heterocycles. The molecule has 1 aromatic rings. The highest BCUT2D eigenvalue weighted by molar-refractivity contribution is 7.86. The van der Waals surface area contributed by atoms with Gasteiger partial charge in [0, 0.05) is 36.9 Å². The van der Waals surface area contributed by atoms with E-state index in [1.165, 1.54) is 4.31 Å². The van der Waals surface area contributed by atoms with E-state index >= 15 is 0 Å². The summed E-state index contributed by atoms with van der Waals surface area (Å²) in [6.07, 6.45) is 9.31. The van der Waals surface area contributed by atoms with Crippen molar-refractivity contribution in [2.75, 3.05) is 23.3 Å². The summed E-state index contributed by atoms with van der Waals surface area (Å²) < 4.78 is 24.2. The standard InChI is InChI=1S/C18H26N6O3S/c19-28(26,27)23-9-5-12(6-10-23)21-17-20-11-14-15(22-17)24(13-3-1-2-4-13)16(25)18(14)7-8-18/h11-13H,1-10H2,(H2,19,26,27)(H,20,21,22). The lowest BCUT2D eigenvalue weighted by Crippen LogP contribution is -2.45. The second-order valence-corrected chi connectivity index (χ2v) is 10.0. The number of hydrogen-bond donors (Lipinski definition) is 2. The van der Waals surface area contributed by atoms with Gasteiger partial charge < -0.3 is 5.32 Å². The summed E-state index contributed by atoms with van der Waals surface area (Å²) in [5.74, 6) is 1.51. The molecule has 10 heteroatoms. The van der Waals surface area contributed by atoms with Crippen molar-refractivity contribution in [3.63, 3.8) is 0 Å². The quantitative estimate of drug-likeness (QED) is 0.765. The molecule has 2 aliphatic heterocycles. The van der Waals surface area contributed by atoms with Gasteiger partial charge >= 0.3 is 0 Å². The number of carbonyl (C=O) groups is 1. The number of amides is 1. The van der Waals surface area contributed by atoms with Gasteiger partial charge in [-0.1, -0.05) is 12.8 Å². The molecular weight excluding hydrogens is 380 g/mol. The van der Waals surface area contributed by atoms with Gasteiger partial charge in [0.1, 0.15) is 5.82 Å². The van der Waals surface area contributed by atoms with Crippen molar-refractivity contribution in [1.82, 2.24) is 14.3 Å². The molecule has 9 nitrogen and oxygen atoms in total. The Morgan fingerprint density at radius 2 is 1.82 bits per heavy atom. The molecule has 0 bridgehead atoms. The Labute approximate surface area is 164 Å². The molecule has 1 spiro atoms. The summed E-state index contributed by atoms with van der Waals surface area (Å²) in [6, 6.07) is 0.343. The fourth-order valence-electron chi connectivity index (χ4n) is 4.95. The SMILES string of the molecule is NS(=O)(=O)N1CCC(Nc2ncc3c(n2)N(C2CCCC2)C(=O)C32CC2)CC1. The van der Waals surface area contributed by atoms with Crippen molar-refractivity contribution >= 4 is 27.9 Å². The zero-order chi connectivity index (χ0) is 19.5. The lowest BCUT2D eigenvalue weighted by atomic mass is 10.0. The van der Waals surface area contributed by atoms with Gasteiger partial charge in [-0.15, -0.1) is 0 Å². The van der Waals surface area contributed by atoms with Crippen LogP contribution < -0.4 is 15.4 Å². The van der Waals surface area contributed by atoms with Crippen molar-refractivity contribution in [1.29, 1.82) is 0 Å². The van der Waals surface area contributed by atoms with Crippen LogP contribution in [0, 0.1) is 0 Å². The van der Waals surface area contributed by atoms with Gasteiger partial charge in [0.15, 0.2) is 0 Å². The van der Waals surface area contributed by atoms with Gasteiger partial charge in [0.05, 0.1) is 5.41 Å². The van der Waals surface area contributed by atoms with Gasteiger partial charge in [-0.3, -0.25) is 9.69 Å². The van der Waals surface area contributed by atoms with E-state index in [-0.39, 0.29) is 23.4 Å². The van der Waals surface area contributed by atoms with E-state index in [0.717, 1.165) is 49.9 Å². The zero-order valence-electron chi connectivity index (χ0n) is 15.8. The summed E-state index contributed by atoms with van der Waals surface area (Å²) in [6.45, 7) is 0.772. The maximum absolute atomic E-state index is 13.1. The Bertz CT molecular complexity index is 902. The average molecular weight is 407 g/mol. The lowest BCUT2D eigenvalue weighted by molar-refractivity contribution is -0.120. The monoisotopic (exact) mass is 406 g/mol. The predicted octanol–water partition coefficient (Wildman–Crippen LogP) is 0.877. The molecule has 2 saturated carbocycles. The Hall–Kier alpha value is -1.78. The first kappa shape index (κ1) is 18.3. The van der Waals surface area contributed by atoms with Crippen LogP contribution in [0.25, 0.3) is 0 Å². The molecular formula is C18H26N6O3S. The predicted molar refractivity (Wildman–Crippen MR) is 104 cm³/mol. The van der Waals surface area contributed by atoms with Crippen LogP contribution in [0.2, 0.25) is 0 Å². The molecule has 0 unspecified atom stereocenters. The summed E-state index contributed by atoms with van der Waals surface area (Å²) in [4.78, 5) is 24.3. The van der Waals surface area contributed by atoms with Crippen LogP contribution in [0.15, 0.2) is 6.20 Å². The lowest BCUT2D eigenvalue weighted by Gasteiger charge is -2.30. The Morgan fingerprint density at radius 3 is 2.43 bits per heavy atom. The fourth-order valence-corrected chi connectivity index (χ4v) is 5.67. The third-order valence-electron chi connectivity index (χ3n) is 6.73. The number of nitrogens with zero attached hydrogens (tertiary/aromatic N) is 4. The molecule has 0 atom stereocenters. The number of fused-ring (bicyclic) bond motifs is 2. The molecule has 28 heavy (non-hydrogen) atoms. The first-order chi connectivity index (χ1) is 13.4. The number of nitrogens with one attached hydrogen (secondary N) is 1. The van der Waals surface area contributed by atoms with Crippen LogP contribution in [-0.4, -0.2) is 53.8 Å². The molecule has 5 rings (SSSR count). The van der Waals surface area contributed by atoms with Gasteiger partial charge in [-0.2, -0.15) is 17.7 Å². The average Bonchev–Trinajstić information content (AvgIpc) is 3.22. The van der Waals surface area contributed by atoms with Crippen molar-refractivity contribution in [3.05, 3.63) is 11.8 Å². The van der Waals surface area contributed by atoms with E-state index in [2.05, 4.69) is 10.3 Å². The van der Waals surface area contributed by atoms with Gasteiger partial charge in [0.2, 0.25) is 11.9 Å². The Morgan fingerprint density at radius 1 is 1.14 bits per heavy atom. The fraction of sp³-hybridized carbons (Fsp3) is 0.722. The van der Waals surface area contributed by atoms with E-state index < -0.39 is 10.2 Å². The van der Waals surface area contributed by atoms with E-state index in [1.54, 1.807) is 0 Å². The summed E-state index contributed by atoms with van der Waals surface area (Å²) >= 11 is 0. The third kappa shape index (κ3) is 2.89. The van der Waals surface area contributed by atoms with Gasteiger partial charge in [-0.25, -0.2) is 10.1 Å². The summed E-state index contributed by atoms with van der Waals surface area (Å²) in [5, 5.41) is 8.54. The van der Waals surface area contributed by atoms with E-state index in [0.29, 0.717) is 31.9 Å². The normalized spacial score (nSPS) is 25.5. The summed E-state index contributed by atoms with van der Waals surface area (Å²) in [5.41, 5.74) is 0.621. The third-order valence-corrected chi connectivity index (χ3v) is 7.81. The Balaban J connectivity index is 1.35. The maximum Gasteiger partial charge on any atom is 0.276 e. The number of piperidine rings is 1. The first-order valence-corrected chi connectivity index (χ1v) is 11.6. The second kappa shape index (κ2) is 6.36. The molecule has 4 aliphatic rings. The molecule has 3 heterocycles. The molecule has 2 aliphatic carbocycles. The van der Waals surface area contributed by atoms with Crippen LogP contribution in [0.1, 0.15) is 56.9 Å². The van der Waals surface area contributed by atoms with Crippen molar-refractivity contribution in [2.45, 2.75) is 68.9 Å². The molecule has 0 aromatic carbocycles. The van der Waals surface area contributed by atoms with Gasteiger partial charge in [-0.05, 0) is 38.5 Å². The van der Waals surface area contributed by atoms with E-state index in [9.17, 15) is 13.2 Å². The van der Waals surface area contributed by atoms with Crippen LogP contribution in [-0.2, 0) is 20.4 Å². The highest BCUT2D eigenvalue weighted by Gasteiger charge is 2.61. The molecule has 3 fully saturated rings. The summed E-state index contributed by atoms with van der Waals surface area (Å²) in [7, 11) is -3.63. The number of carbonyl (C=O) groups excluding carboxylic acids is 1. The minimum Gasteiger partial charge on any atom is -0.351 e. The van der Waals surface area contributed by atoms with Crippen LogP contribution >= 0.6 is 0 Å². The number of rotatable bonds is 4. The molecule has 3 N–H and O–H groups in total. The minimum absolute atomic E-state index is 0.0861. The minimum atomic E-state index is -3.63. The van der Waals surface area contributed by atoms with Crippen molar-refractivity contribution in [3.8, 4) is 0 Å². The maximum atomic E-state index is 13.1. The van der Waals surface area contributed by atoms with Crippen molar-refractivity contribution < 1.29 is 13.2 Å².